The monoisotopic (exact) mass is 413 g/mol. The minimum Gasteiger partial charge on any atom is -0.494 e. The van der Waals surface area contributed by atoms with Gasteiger partial charge in [-0.1, -0.05) is 25.5 Å². The van der Waals surface area contributed by atoms with Crippen LogP contribution in [0.2, 0.25) is 0 Å². The molecule has 2 heterocycles. The van der Waals surface area contributed by atoms with E-state index in [0.29, 0.717) is 17.9 Å². The molecular formula is C24H23N5O2. The van der Waals surface area contributed by atoms with Crippen molar-refractivity contribution in [3.63, 3.8) is 0 Å². The normalized spacial score (nSPS) is 10.6. The van der Waals surface area contributed by atoms with Gasteiger partial charge < -0.3 is 9.15 Å². The Morgan fingerprint density at radius 1 is 1.10 bits per heavy atom. The van der Waals surface area contributed by atoms with E-state index in [1.807, 2.05) is 46.1 Å². The Bertz CT molecular complexity index is 1130. The van der Waals surface area contributed by atoms with Crippen molar-refractivity contribution >= 4 is 5.69 Å². The highest BCUT2D eigenvalue weighted by Crippen LogP contribution is 2.30. The zero-order valence-corrected chi connectivity index (χ0v) is 17.3. The van der Waals surface area contributed by atoms with E-state index >= 15 is 0 Å². The van der Waals surface area contributed by atoms with Gasteiger partial charge in [0.05, 0.1) is 36.7 Å². The molecule has 7 nitrogen and oxygen atoms in total. The maximum atomic E-state index is 9.53. The van der Waals surface area contributed by atoms with Gasteiger partial charge in [-0.3, -0.25) is 5.01 Å². The van der Waals surface area contributed by atoms with Gasteiger partial charge in [0, 0.05) is 5.56 Å². The van der Waals surface area contributed by atoms with Crippen molar-refractivity contribution in [3.05, 3.63) is 84.6 Å². The topological polar surface area (TPSA) is 80.1 Å². The van der Waals surface area contributed by atoms with Crippen LogP contribution in [0.4, 0.5) is 5.69 Å². The Labute approximate surface area is 181 Å². The quantitative estimate of drug-likeness (QED) is 0.357. The highest BCUT2D eigenvalue weighted by molar-refractivity contribution is 5.71. The van der Waals surface area contributed by atoms with Crippen molar-refractivity contribution in [2.45, 2.75) is 26.3 Å². The number of furan rings is 1. The highest BCUT2D eigenvalue weighted by Gasteiger charge is 2.15. The van der Waals surface area contributed by atoms with Gasteiger partial charge in [0.1, 0.15) is 24.2 Å². The molecule has 0 fully saturated rings. The van der Waals surface area contributed by atoms with Crippen molar-refractivity contribution in [2.24, 2.45) is 0 Å². The summed E-state index contributed by atoms with van der Waals surface area (Å²) >= 11 is 0. The molecule has 0 atom stereocenters. The lowest BCUT2D eigenvalue weighted by atomic mass is 10.0. The maximum Gasteiger partial charge on any atom is 0.139 e. The largest absolute Gasteiger partial charge is 0.494 e. The molecule has 0 aliphatic carbocycles. The fourth-order valence-electron chi connectivity index (χ4n) is 3.25. The first-order valence-corrected chi connectivity index (χ1v) is 10.2. The summed E-state index contributed by atoms with van der Waals surface area (Å²) in [6.07, 6.45) is 7.04. The number of unbranched alkanes of at least 4 members (excludes halogenated alkanes) is 1. The fraction of sp³-hybridized carbons (Fsp3) is 0.208. The van der Waals surface area contributed by atoms with Gasteiger partial charge >= 0.3 is 0 Å². The molecule has 0 N–H and O–H groups in total. The average Bonchev–Trinajstić information content (AvgIpc) is 3.53. The Balaban J connectivity index is 1.63. The molecular weight excluding hydrogens is 390 g/mol. The van der Waals surface area contributed by atoms with Gasteiger partial charge in [-0.15, -0.1) is 10.2 Å². The lowest BCUT2D eigenvalue weighted by molar-refractivity contribution is 0.309. The van der Waals surface area contributed by atoms with Crippen LogP contribution in [0.3, 0.4) is 0 Å². The van der Waals surface area contributed by atoms with Crippen LogP contribution in [-0.4, -0.2) is 21.5 Å². The summed E-state index contributed by atoms with van der Waals surface area (Å²) in [6.45, 7) is 3.45. The second-order valence-electron chi connectivity index (χ2n) is 7.06. The number of nitrogens with zero attached hydrogens (tertiary/aromatic N) is 5. The Kier molecular flexibility index (Phi) is 6.29. The standard InChI is InChI=1S/C24H23N5O2/c1-2-3-12-30-22-10-6-19(7-11-22)16-29(28-17-26-27-18-28)21-9-8-20(15-25)23(14-21)24-5-4-13-31-24/h4-11,13-14,17-18H,2-3,12,16H2,1H3. The first-order valence-electron chi connectivity index (χ1n) is 10.2. The van der Waals surface area contributed by atoms with E-state index in [-0.39, 0.29) is 0 Å². The number of aromatic nitrogens is 3. The van der Waals surface area contributed by atoms with Crippen LogP contribution in [-0.2, 0) is 6.54 Å². The molecule has 0 bridgehead atoms. The third kappa shape index (κ3) is 4.75. The molecule has 7 heteroatoms. The van der Waals surface area contributed by atoms with E-state index in [1.54, 1.807) is 25.0 Å². The van der Waals surface area contributed by atoms with Crippen LogP contribution in [0.25, 0.3) is 11.3 Å². The predicted octanol–water partition coefficient (Wildman–Crippen LogP) is 5.06. The third-order valence-electron chi connectivity index (χ3n) is 4.92. The average molecular weight is 413 g/mol. The molecule has 156 valence electrons. The van der Waals surface area contributed by atoms with Gasteiger partial charge in [-0.25, -0.2) is 4.68 Å². The molecule has 0 amide bonds. The van der Waals surface area contributed by atoms with Crippen molar-refractivity contribution in [3.8, 4) is 23.1 Å². The summed E-state index contributed by atoms with van der Waals surface area (Å²) in [5.41, 5.74) is 3.27. The van der Waals surface area contributed by atoms with Gasteiger partial charge in [-0.05, 0) is 54.4 Å². The molecule has 0 saturated carbocycles. The second kappa shape index (κ2) is 9.63. The van der Waals surface area contributed by atoms with Gasteiger partial charge in [0.25, 0.3) is 0 Å². The summed E-state index contributed by atoms with van der Waals surface area (Å²) in [5, 5.41) is 19.5. The molecule has 4 rings (SSSR count). The van der Waals surface area contributed by atoms with Crippen LogP contribution in [0.15, 0.2) is 77.9 Å². The minimum atomic E-state index is 0.552. The second-order valence-corrected chi connectivity index (χ2v) is 7.06. The van der Waals surface area contributed by atoms with E-state index in [2.05, 4.69) is 35.3 Å². The lowest BCUT2D eigenvalue weighted by Crippen LogP contribution is -2.27. The Hall–Kier alpha value is -4.05. The van der Waals surface area contributed by atoms with Crippen molar-refractivity contribution in [2.75, 3.05) is 11.6 Å². The number of ether oxygens (including phenoxy) is 1. The zero-order chi connectivity index (χ0) is 21.5. The first-order chi connectivity index (χ1) is 15.3. The van der Waals surface area contributed by atoms with E-state index in [4.69, 9.17) is 9.15 Å². The SMILES string of the molecule is CCCCOc1ccc(CN(c2ccc(C#N)c(-c3ccco3)c2)n2cnnc2)cc1. The van der Waals surface area contributed by atoms with Gasteiger partial charge in [0.15, 0.2) is 0 Å². The molecule has 31 heavy (non-hydrogen) atoms. The zero-order valence-electron chi connectivity index (χ0n) is 17.3. The van der Waals surface area contributed by atoms with Crippen LogP contribution in [0.5, 0.6) is 5.75 Å². The Morgan fingerprint density at radius 3 is 2.58 bits per heavy atom. The van der Waals surface area contributed by atoms with E-state index in [1.165, 1.54) is 0 Å². The molecule has 0 spiro atoms. The van der Waals surface area contributed by atoms with Crippen LogP contribution < -0.4 is 9.75 Å². The van der Waals surface area contributed by atoms with Crippen molar-refractivity contribution in [1.82, 2.24) is 14.9 Å². The summed E-state index contributed by atoms with van der Waals surface area (Å²) in [5.74, 6) is 1.52. The molecule has 2 aromatic carbocycles. The molecule has 4 aromatic rings. The highest BCUT2D eigenvalue weighted by atomic mass is 16.5. The molecule has 0 unspecified atom stereocenters. The number of anilines is 1. The summed E-state index contributed by atoms with van der Waals surface area (Å²) < 4.78 is 13.1. The molecule has 2 aromatic heterocycles. The molecule has 0 radical (unpaired) electrons. The fourth-order valence-corrected chi connectivity index (χ4v) is 3.25. The number of hydrogen-bond acceptors (Lipinski definition) is 6. The predicted molar refractivity (Wildman–Crippen MR) is 117 cm³/mol. The molecule has 0 saturated heterocycles. The van der Waals surface area contributed by atoms with Crippen LogP contribution in [0, 0.1) is 11.3 Å². The smallest absolute Gasteiger partial charge is 0.139 e. The first kappa shape index (κ1) is 20.2. The maximum absolute atomic E-state index is 9.53. The molecule has 0 aliphatic heterocycles. The number of hydrogen-bond donors (Lipinski definition) is 0. The van der Waals surface area contributed by atoms with Crippen molar-refractivity contribution < 1.29 is 9.15 Å². The summed E-state index contributed by atoms with van der Waals surface area (Å²) in [6, 6.07) is 19.6. The number of benzene rings is 2. The van der Waals surface area contributed by atoms with E-state index in [0.717, 1.165) is 42.0 Å². The molecule has 0 aliphatic rings. The van der Waals surface area contributed by atoms with E-state index in [9.17, 15) is 5.26 Å². The third-order valence-corrected chi connectivity index (χ3v) is 4.92. The minimum absolute atomic E-state index is 0.552. The van der Waals surface area contributed by atoms with Crippen molar-refractivity contribution in [1.29, 1.82) is 5.26 Å². The summed E-state index contributed by atoms with van der Waals surface area (Å²) in [4.78, 5) is 0. The van der Waals surface area contributed by atoms with Crippen LogP contribution in [0.1, 0.15) is 30.9 Å². The van der Waals surface area contributed by atoms with Gasteiger partial charge in [0.2, 0.25) is 0 Å². The van der Waals surface area contributed by atoms with Gasteiger partial charge in [-0.2, -0.15) is 5.26 Å². The Morgan fingerprint density at radius 2 is 1.90 bits per heavy atom. The number of rotatable bonds is 9. The van der Waals surface area contributed by atoms with Crippen LogP contribution >= 0.6 is 0 Å². The lowest BCUT2D eigenvalue weighted by Gasteiger charge is -2.25. The van der Waals surface area contributed by atoms with E-state index < -0.39 is 0 Å². The summed E-state index contributed by atoms with van der Waals surface area (Å²) in [7, 11) is 0. The number of nitriles is 1.